The number of nitrogens with zero attached hydrogens (tertiary/aromatic N) is 2. The van der Waals surface area contributed by atoms with Crippen molar-refractivity contribution in [2.24, 2.45) is 5.73 Å². The summed E-state index contributed by atoms with van der Waals surface area (Å²) in [5.41, 5.74) is 6.86. The molecule has 2 rings (SSSR count). The largest absolute Gasteiger partial charge is 0.333 e. The fourth-order valence-electron chi connectivity index (χ4n) is 1.65. The summed E-state index contributed by atoms with van der Waals surface area (Å²) in [6.45, 7) is 0.170. The van der Waals surface area contributed by atoms with Crippen LogP contribution in [0.25, 0.3) is 11.3 Å². The summed E-state index contributed by atoms with van der Waals surface area (Å²) in [4.78, 5) is 0. The quantitative estimate of drug-likeness (QED) is 0.890. The van der Waals surface area contributed by atoms with E-state index in [1.807, 2.05) is 6.07 Å². The second-order valence-corrected chi connectivity index (χ2v) is 3.89. The molecule has 2 aromatic rings. The minimum Gasteiger partial charge on any atom is -0.333 e. The lowest BCUT2D eigenvalue weighted by Gasteiger charge is -2.07. The normalized spacial score (nSPS) is 10.2. The van der Waals surface area contributed by atoms with Gasteiger partial charge in [-0.1, -0.05) is 17.7 Å². The van der Waals surface area contributed by atoms with Gasteiger partial charge in [-0.05, 0) is 18.2 Å². The lowest BCUT2D eigenvalue weighted by atomic mass is 10.1. The first-order valence-electron chi connectivity index (χ1n) is 4.92. The maximum Gasteiger partial charge on any atom is 0.151 e. The van der Waals surface area contributed by atoms with Crippen LogP contribution >= 0.6 is 11.6 Å². The highest BCUT2D eigenvalue weighted by molar-refractivity contribution is 6.31. The first-order valence-corrected chi connectivity index (χ1v) is 5.30. The minimum absolute atomic E-state index is 0.0470. The monoisotopic (exact) mass is 249 g/mol. The smallest absolute Gasteiger partial charge is 0.151 e. The Bertz CT molecular complexity index is 598. The highest BCUT2D eigenvalue weighted by Crippen LogP contribution is 2.28. The molecule has 5 heteroatoms. The van der Waals surface area contributed by atoms with E-state index >= 15 is 0 Å². The summed E-state index contributed by atoms with van der Waals surface area (Å²) in [6, 6.07) is 8.31. The first-order chi connectivity index (χ1) is 8.17. The zero-order valence-corrected chi connectivity index (χ0v) is 9.58. The van der Waals surface area contributed by atoms with Crippen LogP contribution in [0.3, 0.4) is 0 Å². The molecule has 3 nitrogen and oxygen atoms in total. The molecule has 0 aliphatic rings. The maximum atomic E-state index is 13.8. The zero-order valence-electron chi connectivity index (χ0n) is 8.82. The number of halogens is 2. The molecule has 0 fully saturated rings. The van der Waals surface area contributed by atoms with E-state index in [-0.39, 0.29) is 11.7 Å². The summed E-state index contributed by atoms with van der Waals surface area (Å²) in [6.07, 6.45) is 1.58. The molecule has 0 saturated heterocycles. The van der Waals surface area contributed by atoms with Gasteiger partial charge in [0.2, 0.25) is 0 Å². The van der Waals surface area contributed by atoms with Gasteiger partial charge in [-0.2, -0.15) is 5.26 Å². The first kappa shape index (κ1) is 11.6. The van der Waals surface area contributed by atoms with Crippen molar-refractivity contribution in [3.63, 3.8) is 0 Å². The third kappa shape index (κ3) is 2.03. The Labute approximate surface area is 103 Å². The van der Waals surface area contributed by atoms with Crippen LogP contribution in [0, 0.1) is 17.1 Å². The fraction of sp³-hybridized carbons (Fsp3) is 0.0833. The van der Waals surface area contributed by atoms with Crippen LogP contribution in [0.2, 0.25) is 5.02 Å². The maximum absolute atomic E-state index is 13.8. The highest BCUT2D eigenvalue weighted by atomic mass is 35.5. The second-order valence-electron chi connectivity index (χ2n) is 3.48. The van der Waals surface area contributed by atoms with Gasteiger partial charge < -0.3 is 10.3 Å². The van der Waals surface area contributed by atoms with Crippen molar-refractivity contribution in [2.75, 3.05) is 0 Å². The van der Waals surface area contributed by atoms with Gasteiger partial charge in [0.1, 0.15) is 6.07 Å². The molecule has 0 saturated carbocycles. The topological polar surface area (TPSA) is 54.7 Å². The minimum atomic E-state index is -0.508. The molecule has 0 atom stereocenters. The fourth-order valence-corrected chi connectivity index (χ4v) is 1.83. The summed E-state index contributed by atoms with van der Waals surface area (Å²) in [5.74, 6) is -0.508. The molecule has 0 aliphatic carbocycles. The number of hydrogen-bond donors (Lipinski definition) is 1. The van der Waals surface area contributed by atoms with Gasteiger partial charge in [0.25, 0.3) is 0 Å². The van der Waals surface area contributed by atoms with Gasteiger partial charge in [0.05, 0.1) is 22.9 Å². The van der Waals surface area contributed by atoms with Gasteiger partial charge >= 0.3 is 0 Å². The third-order valence-electron chi connectivity index (χ3n) is 2.45. The van der Waals surface area contributed by atoms with Crippen molar-refractivity contribution in [1.29, 1.82) is 5.26 Å². The highest BCUT2D eigenvalue weighted by Gasteiger charge is 2.13. The average molecular weight is 250 g/mol. The van der Waals surface area contributed by atoms with Gasteiger partial charge in [0.15, 0.2) is 5.82 Å². The molecule has 17 heavy (non-hydrogen) atoms. The molecule has 1 aromatic carbocycles. The van der Waals surface area contributed by atoms with Gasteiger partial charge in [-0.3, -0.25) is 0 Å². The Morgan fingerprint density at radius 1 is 1.47 bits per heavy atom. The summed E-state index contributed by atoms with van der Waals surface area (Å²) < 4.78 is 15.5. The van der Waals surface area contributed by atoms with E-state index in [1.165, 1.54) is 6.07 Å². The SMILES string of the molecule is N#Cc1cc(-c2cccc(Cl)c2F)n(CN)c1. The summed E-state index contributed by atoms with van der Waals surface area (Å²) >= 11 is 5.72. The molecule has 0 radical (unpaired) electrons. The van der Waals surface area contributed by atoms with Crippen LogP contribution < -0.4 is 5.73 Å². The van der Waals surface area contributed by atoms with Crippen molar-refractivity contribution in [3.05, 3.63) is 46.9 Å². The van der Waals surface area contributed by atoms with E-state index in [4.69, 9.17) is 22.6 Å². The molecule has 86 valence electrons. The average Bonchev–Trinajstić information content (AvgIpc) is 2.76. The predicted octanol–water partition coefficient (Wildman–Crippen LogP) is 2.74. The standard InChI is InChI=1S/C12H9ClFN3/c13-10-3-1-2-9(12(10)14)11-4-8(5-15)6-17(11)7-16/h1-4,6H,7,16H2. The number of hydrogen-bond acceptors (Lipinski definition) is 2. The Hall–Kier alpha value is -1.83. The molecule has 0 bridgehead atoms. The third-order valence-corrected chi connectivity index (χ3v) is 2.74. The predicted molar refractivity (Wildman–Crippen MR) is 63.7 cm³/mol. The van der Waals surface area contributed by atoms with E-state index < -0.39 is 5.82 Å². The molecule has 0 amide bonds. The molecule has 0 spiro atoms. The number of aromatic nitrogens is 1. The number of nitrogens with two attached hydrogens (primary N) is 1. The molecule has 0 unspecified atom stereocenters. The Morgan fingerprint density at radius 3 is 2.88 bits per heavy atom. The van der Waals surface area contributed by atoms with Crippen molar-refractivity contribution >= 4 is 11.6 Å². The molecular formula is C12H9ClFN3. The lowest BCUT2D eigenvalue weighted by molar-refractivity contribution is 0.628. The summed E-state index contributed by atoms with van der Waals surface area (Å²) in [7, 11) is 0. The van der Waals surface area contributed by atoms with Crippen molar-refractivity contribution < 1.29 is 4.39 Å². The van der Waals surface area contributed by atoms with E-state index in [9.17, 15) is 4.39 Å². The molecule has 2 N–H and O–H groups in total. The number of nitriles is 1. The second kappa shape index (κ2) is 4.58. The van der Waals surface area contributed by atoms with Crippen LogP contribution in [0.4, 0.5) is 4.39 Å². The van der Waals surface area contributed by atoms with Crippen molar-refractivity contribution in [1.82, 2.24) is 4.57 Å². The Morgan fingerprint density at radius 2 is 2.24 bits per heavy atom. The van der Waals surface area contributed by atoms with Crippen LogP contribution in [-0.2, 0) is 6.67 Å². The van der Waals surface area contributed by atoms with Crippen LogP contribution in [-0.4, -0.2) is 4.57 Å². The van der Waals surface area contributed by atoms with E-state index in [0.717, 1.165) is 0 Å². The Kier molecular flexibility index (Phi) is 3.14. The molecular weight excluding hydrogens is 241 g/mol. The van der Waals surface area contributed by atoms with Crippen molar-refractivity contribution in [3.8, 4) is 17.3 Å². The Balaban J connectivity index is 2.64. The van der Waals surface area contributed by atoms with E-state index in [2.05, 4.69) is 0 Å². The van der Waals surface area contributed by atoms with E-state index in [1.54, 1.807) is 29.0 Å². The molecule has 1 heterocycles. The molecule has 1 aromatic heterocycles. The van der Waals surface area contributed by atoms with Gasteiger partial charge in [0, 0.05) is 11.8 Å². The van der Waals surface area contributed by atoms with Crippen LogP contribution in [0.1, 0.15) is 5.56 Å². The number of benzene rings is 1. The zero-order chi connectivity index (χ0) is 12.4. The van der Waals surface area contributed by atoms with Gasteiger partial charge in [-0.15, -0.1) is 0 Å². The van der Waals surface area contributed by atoms with Gasteiger partial charge in [-0.25, -0.2) is 4.39 Å². The van der Waals surface area contributed by atoms with E-state index in [0.29, 0.717) is 16.8 Å². The van der Waals surface area contributed by atoms with Crippen molar-refractivity contribution in [2.45, 2.75) is 6.67 Å². The van der Waals surface area contributed by atoms with Crippen LogP contribution in [0.15, 0.2) is 30.5 Å². The lowest BCUT2D eigenvalue weighted by Crippen LogP contribution is -2.07. The summed E-state index contributed by atoms with van der Waals surface area (Å²) in [5, 5.41) is 8.86. The number of rotatable bonds is 2. The van der Waals surface area contributed by atoms with Crippen LogP contribution in [0.5, 0.6) is 0 Å². The molecule has 0 aliphatic heterocycles.